The second-order valence-corrected chi connectivity index (χ2v) is 7.91. The highest BCUT2D eigenvalue weighted by molar-refractivity contribution is 7.10. The molecular weight excluding hydrogens is 407 g/mol. The van der Waals surface area contributed by atoms with E-state index in [0.717, 1.165) is 9.44 Å². The Bertz CT molecular complexity index is 1250. The molecule has 1 atom stereocenters. The molecule has 4 rings (SSSR count). The van der Waals surface area contributed by atoms with Crippen LogP contribution >= 0.6 is 11.3 Å². The highest BCUT2D eigenvalue weighted by Crippen LogP contribution is 2.26. The molecule has 9 heteroatoms. The minimum atomic E-state index is -0.750. The molecule has 1 aromatic carbocycles. The Morgan fingerprint density at radius 2 is 2.03 bits per heavy atom. The van der Waals surface area contributed by atoms with Crippen LogP contribution in [-0.4, -0.2) is 15.0 Å². The highest BCUT2D eigenvalue weighted by Gasteiger charge is 2.25. The summed E-state index contributed by atoms with van der Waals surface area (Å²) in [4.78, 5) is 39.0. The Morgan fingerprint density at radius 3 is 2.70 bits per heavy atom. The van der Waals surface area contributed by atoms with E-state index in [1.165, 1.54) is 28.0 Å². The third kappa shape index (κ3) is 3.57. The number of nitrogens with one attached hydrogen (secondary N) is 1. The van der Waals surface area contributed by atoms with Gasteiger partial charge in [0.2, 0.25) is 5.91 Å². The van der Waals surface area contributed by atoms with E-state index in [1.807, 2.05) is 23.6 Å². The summed E-state index contributed by atoms with van der Waals surface area (Å²) in [5.41, 5.74) is -0.320. The van der Waals surface area contributed by atoms with Gasteiger partial charge in [0, 0.05) is 17.1 Å². The lowest BCUT2D eigenvalue weighted by Gasteiger charge is -2.19. The van der Waals surface area contributed by atoms with Gasteiger partial charge in [-0.15, -0.1) is 11.3 Å². The smallest absolute Gasteiger partial charge is 0.331 e. The van der Waals surface area contributed by atoms with Crippen molar-refractivity contribution < 1.29 is 9.18 Å². The molecule has 152 valence electrons. The topological polar surface area (TPSA) is 96.9 Å². The Kier molecular flexibility index (Phi) is 5.33. The lowest BCUT2D eigenvalue weighted by atomic mass is 10.1. The van der Waals surface area contributed by atoms with Crippen molar-refractivity contribution in [2.75, 3.05) is 0 Å². The zero-order chi connectivity index (χ0) is 21.3. The molecule has 1 amide bonds. The lowest BCUT2D eigenvalue weighted by Crippen LogP contribution is -2.45. The fourth-order valence-corrected chi connectivity index (χ4v) is 4.47. The largest absolute Gasteiger partial charge is 0.343 e. The molecule has 3 heterocycles. The number of benzene rings is 1. The van der Waals surface area contributed by atoms with E-state index < -0.39 is 35.6 Å². The fraction of sp³-hybridized carbons (Fsp3) is 0.238. The van der Waals surface area contributed by atoms with E-state index in [4.69, 9.17) is 0 Å². The van der Waals surface area contributed by atoms with Crippen molar-refractivity contribution in [2.24, 2.45) is 0 Å². The standard InChI is InChI=1S/C21H17FN4O3S/c22-14-7-5-13(6-8-14)19(17-4-2-10-30-17)24-18(27)12-26-20(28)15(11-23)16-3-1-9-25(16)21(26)29/h2,4-8,10,19H,1,3,9,12H2,(H,24,27). The molecule has 1 aliphatic rings. The average Bonchev–Trinajstić information content (AvgIpc) is 3.43. The molecule has 1 aliphatic heterocycles. The van der Waals surface area contributed by atoms with Gasteiger partial charge >= 0.3 is 5.69 Å². The SMILES string of the molecule is N#Cc1c2n(c(=O)n(CC(=O)NC(c3ccc(F)cc3)c3cccs3)c1=O)CCC2. The number of aromatic nitrogens is 2. The van der Waals surface area contributed by atoms with Crippen LogP contribution in [0.4, 0.5) is 4.39 Å². The van der Waals surface area contributed by atoms with Gasteiger partial charge < -0.3 is 5.32 Å². The molecule has 0 radical (unpaired) electrons. The van der Waals surface area contributed by atoms with Gasteiger partial charge in [-0.05, 0) is 42.0 Å². The molecule has 0 spiro atoms. The number of carbonyl (C=O) groups is 1. The Morgan fingerprint density at radius 1 is 1.27 bits per heavy atom. The van der Waals surface area contributed by atoms with Gasteiger partial charge in [-0.2, -0.15) is 5.26 Å². The molecule has 0 saturated heterocycles. The van der Waals surface area contributed by atoms with E-state index in [9.17, 15) is 24.0 Å². The number of nitrogens with zero attached hydrogens (tertiary/aromatic N) is 3. The second-order valence-electron chi connectivity index (χ2n) is 6.93. The van der Waals surface area contributed by atoms with E-state index >= 15 is 0 Å². The van der Waals surface area contributed by atoms with Gasteiger partial charge in [0.1, 0.15) is 24.0 Å². The molecule has 1 N–H and O–H groups in total. The quantitative estimate of drug-likeness (QED) is 0.677. The normalized spacial score (nSPS) is 13.5. The van der Waals surface area contributed by atoms with Crippen LogP contribution < -0.4 is 16.6 Å². The lowest BCUT2D eigenvalue weighted by molar-refractivity contribution is -0.122. The summed E-state index contributed by atoms with van der Waals surface area (Å²) in [6.45, 7) is -0.0894. The van der Waals surface area contributed by atoms with E-state index in [1.54, 1.807) is 12.1 Å². The molecule has 2 aromatic heterocycles. The third-order valence-corrected chi connectivity index (χ3v) is 6.02. The van der Waals surface area contributed by atoms with Gasteiger partial charge in [0.05, 0.1) is 6.04 Å². The van der Waals surface area contributed by atoms with Gasteiger partial charge in [-0.25, -0.2) is 13.8 Å². The van der Waals surface area contributed by atoms with Crippen molar-refractivity contribution in [3.8, 4) is 6.07 Å². The third-order valence-electron chi connectivity index (χ3n) is 5.08. The van der Waals surface area contributed by atoms with Crippen LogP contribution in [0.15, 0.2) is 51.4 Å². The fourth-order valence-electron chi connectivity index (χ4n) is 3.67. The van der Waals surface area contributed by atoms with Gasteiger partial charge in [0.25, 0.3) is 5.56 Å². The molecule has 0 saturated carbocycles. The average molecular weight is 424 g/mol. The zero-order valence-electron chi connectivity index (χ0n) is 15.8. The first kappa shape index (κ1) is 19.8. The van der Waals surface area contributed by atoms with Crippen LogP contribution in [-0.2, 0) is 24.3 Å². The maximum absolute atomic E-state index is 13.3. The van der Waals surface area contributed by atoms with E-state index in [-0.39, 0.29) is 5.56 Å². The summed E-state index contributed by atoms with van der Waals surface area (Å²) < 4.78 is 15.5. The van der Waals surface area contributed by atoms with Crippen LogP contribution in [0.1, 0.15) is 34.2 Å². The van der Waals surface area contributed by atoms with E-state index in [0.29, 0.717) is 30.6 Å². The molecular formula is C21H17FN4O3S. The number of nitriles is 1. The van der Waals surface area contributed by atoms with Crippen molar-refractivity contribution >= 4 is 17.2 Å². The van der Waals surface area contributed by atoms with Crippen molar-refractivity contribution in [3.63, 3.8) is 0 Å². The number of halogens is 1. The molecule has 3 aromatic rings. The molecule has 30 heavy (non-hydrogen) atoms. The second kappa shape index (κ2) is 8.08. The maximum Gasteiger partial charge on any atom is 0.331 e. The number of thiophene rings is 1. The van der Waals surface area contributed by atoms with Crippen molar-refractivity contribution in [1.82, 2.24) is 14.5 Å². The monoisotopic (exact) mass is 424 g/mol. The summed E-state index contributed by atoms with van der Waals surface area (Å²) in [6.07, 6.45) is 1.16. The summed E-state index contributed by atoms with van der Waals surface area (Å²) in [6, 6.07) is 10.7. The number of amides is 1. The van der Waals surface area contributed by atoms with Crippen LogP contribution in [0.3, 0.4) is 0 Å². The predicted molar refractivity (Wildman–Crippen MR) is 109 cm³/mol. The minimum Gasteiger partial charge on any atom is -0.343 e. The first-order chi connectivity index (χ1) is 14.5. The Hall–Kier alpha value is -3.51. The van der Waals surface area contributed by atoms with Crippen LogP contribution in [0.5, 0.6) is 0 Å². The minimum absolute atomic E-state index is 0.0896. The molecule has 1 unspecified atom stereocenters. The van der Waals surface area contributed by atoms with Crippen molar-refractivity contribution in [1.29, 1.82) is 5.26 Å². The van der Waals surface area contributed by atoms with Crippen molar-refractivity contribution in [2.45, 2.75) is 32.0 Å². The molecule has 0 bridgehead atoms. The Balaban J connectivity index is 1.66. The number of rotatable bonds is 5. The Labute approximate surface area is 174 Å². The number of carbonyl (C=O) groups excluding carboxylic acids is 1. The summed E-state index contributed by atoms with van der Waals surface area (Å²) in [7, 11) is 0. The zero-order valence-corrected chi connectivity index (χ0v) is 16.6. The first-order valence-electron chi connectivity index (χ1n) is 9.34. The summed E-state index contributed by atoms with van der Waals surface area (Å²) in [5, 5.41) is 14.0. The molecule has 0 fully saturated rings. The van der Waals surface area contributed by atoms with E-state index in [2.05, 4.69) is 5.32 Å². The van der Waals surface area contributed by atoms with Crippen LogP contribution in [0.2, 0.25) is 0 Å². The summed E-state index contributed by atoms with van der Waals surface area (Å²) in [5.74, 6) is -0.948. The van der Waals surface area contributed by atoms with Crippen LogP contribution in [0, 0.1) is 17.1 Å². The predicted octanol–water partition coefficient (Wildman–Crippen LogP) is 1.93. The van der Waals surface area contributed by atoms with Gasteiger partial charge in [-0.3, -0.25) is 14.2 Å². The summed E-state index contributed by atoms with van der Waals surface area (Å²) >= 11 is 1.42. The first-order valence-corrected chi connectivity index (χ1v) is 10.2. The van der Waals surface area contributed by atoms with Crippen molar-refractivity contribution in [3.05, 3.63) is 90.1 Å². The van der Waals surface area contributed by atoms with Crippen LogP contribution in [0.25, 0.3) is 0 Å². The van der Waals surface area contributed by atoms with Gasteiger partial charge in [-0.1, -0.05) is 18.2 Å². The number of hydrogen-bond acceptors (Lipinski definition) is 5. The molecule has 7 nitrogen and oxygen atoms in total. The van der Waals surface area contributed by atoms with Gasteiger partial charge in [0.15, 0.2) is 0 Å². The maximum atomic E-state index is 13.3. The highest BCUT2D eigenvalue weighted by atomic mass is 32.1. The molecule has 0 aliphatic carbocycles. The number of hydrogen-bond donors (Lipinski definition) is 1. The number of fused-ring (bicyclic) bond motifs is 1.